The molecule has 1 fully saturated rings. The van der Waals surface area contributed by atoms with Crippen molar-refractivity contribution in [1.82, 2.24) is 10.6 Å². The summed E-state index contributed by atoms with van der Waals surface area (Å²) in [6.07, 6.45) is 58.3. The number of hydrogen-bond acceptors (Lipinski definition) is 2. The van der Waals surface area contributed by atoms with Crippen LogP contribution in [0.5, 0.6) is 0 Å². The maximum atomic E-state index is 12.4. The van der Waals surface area contributed by atoms with E-state index in [-0.39, 0.29) is 5.91 Å². The largest absolute Gasteiger partial charge is 0.384 e. The van der Waals surface area contributed by atoms with Gasteiger partial charge in [-0.1, -0.05) is 199 Å². The summed E-state index contributed by atoms with van der Waals surface area (Å²) >= 11 is 0. The normalized spacial score (nSPS) is 15.6. The summed E-state index contributed by atoms with van der Waals surface area (Å²) in [7, 11) is 0. The third-order valence-electron chi connectivity index (χ3n) is 10.9. The molecule has 0 unspecified atom stereocenters. The molecule has 1 amide bonds. The molecule has 51 heavy (non-hydrogen) atoms. The molecule has 3 nitrogen and oxygen atoms in total. The van der Waals surface area contributed by atoms with Crippen molar-refractivity contribution < 1.29 is 4.79 Å². The lowest BCUT2D eigenvalue weighted by Gasteiger charge is -2.10. The fourth-order valence-corrected chi connectivity index (χ4v) is 7.31. The van der Waals surface area contributed by atoms with Crippen molar-refractivity contribution in [2.45, 2.75) is 264 Å². The number of carbonyl (C=O) groups excluding carboxylic acids is 1. The van der Waals surface area contributed by atoms with Crippen molar-refractivity contribution in [2.24, 2.45) is 0 Å². The first-order chi connectivity index (χ1) is 25.2. The Morgan fingerprint density at radius 1 is 0.431 bits per heavy atom. The molecule has 0 bridgehead atoms. The summed E-state index contributed by atoms with van der Waals surface area (Å²) in [6.45, 7) is 8.84. The number of rotatable bonds is 41. The summed E-state index contributed by atoms with van der Waals surface area (Å²) in [5.41, 5.74) is 1.16. The molecule has 0 aromatic heterocycles. The molecule has 0 radical (unpaired) electrons. The Morgan fingerprint density at radius 3 is 1.10 bits per heavy atom. The zero-order valence-corrected chi connectivity index (χ0v) is 34.7. The minimum Gasteiger partial charge on any atom is -0.384 e. The quantitative estimate of drug-likeness (QED) is 0.0490. The second-order valence-electron chi connectivity index (χ2n) is 16.3. The van der Waals surface area contributed by atoms with Crippen molar-refractivity contribution >= 4 is 5.91 Å². The third-order valence-corrected chi connectivity index (χ3v) is 10.9. The molecule has 0 saturated heterocycles. The van der Waals surface area contributed by atoms with Gasteiger partial charge in [-0.2, -0.15) is 0 Å². The second-order valence-corrected chi connectivity index (χ2v) is 16.3. The molecule has 1 aliphatic carbocycles. The number of allylic oxidation sites excluding steroid dienone is 5. The lowest BCUT2D eigenvalue weighted by Crippen LogP contribution is -2.31. The van der Waals surface area contributed by atoms with Crippen LogP contribution in [-0.4, -0.2) is 18.0 Å². The molecule has 1 saturated carbocycles. The Morgan fingerprint density at radius 2 is 0.725 bits per heavy atom. The number of unbranched alkanes of at least 4 members (excludes halogenated alkanes) is 30. The molecule has 0 aromatic rings. The standard InChI is InChI=1S/C48H90N2O/c1-4-6-8-10-12-14-16-18-20-22-24-26-28-30-32-34-36-38-40-42-45(3)49-46-44-47(46)50-48(51)43-41-39-37-35-33-31-29-27-25-23-21-19-17-15-13-11-9-7-5-2/h18-21,46-47,49H,3-17,22-44H2,1-2H3,(H,50,51)/b20-18-,21-19-/t46-,47+/m1/s1. The van der Waals surface area contributed by atoms with Gasteiger partial charge >= 0.3 is 0 Å². The van der Waals surface area contributed by atoms with Crippen LogP contribution in [0.1, 0.15) is 251 Å². The van der Waals surface area contributed by atoms with Gasteiger partial charge in [-0.3, -0.25) is 4.79 Å². The summed E-state index contributed by atoms with van der Waals surface area (Å²) < 4.78 is 0. The monoisotopic (exact) mass is 711 g/mol. The van der Waals surface area contributed by atoms with Crippen molar-refractivity contribution in [3.05, 3.63) is 36.6 Å². The van der Waals surface area contributed by atoms with Crippen LogP contribution in [0.15, 0.2) is 36.6 Å². The van der Waals surface area contributed by atoms with Gasteiger partial charge in [0.05, 0.1) is 6.04 Å². The van der Waals surface area contributed by atoms with E-state index in [9.17, 15) is 4.79 Å². The predicted molar refractivity (Wildman–Crippen MR) is 228 cm³/mol. The summed E-state index contributed by atoms with van der Waals surface area (Å²) in [5, 5.41) is 6.83. The van der Waals surface area contributed by atoms with Crippen LogP contribution in [0.4, 0.5) is 0 Å². The van der Waals surface area contributed by atoms with E-state index in [0.717, 1.165) is 25.0 Å². The average molecular weight is 711 g/mol. The van der Waals surface area contributed by atoms with Crippen LogP contribution >= 0.6 is 0 Å². The lowest BCUT2D eigenvalue weighted by molar-refractivity contribution is -0.121. The maximum Gasteiger partial charge on any atom is 0.220 e. The van der Waals surface area contributed by atoms with Crippen LogP contribution < -0.4 is 10.6 Å². The summed E-state index contributed by atoms with van der Waals surface area (Å²) in [4.78, 5) is 12.4. The summed E-state index contributed by atoms with van der Waals surface area (Å²) in [5.74, 6) is 0.242. The Kier molecular flexibility index (Phi) is 35.6. The minimum atomic E-state index is 0.242. The molecule has 0 aromatic carbocycles. The van der Waals surface area contributed by atoms with Crippen LogP contribution in [0.3, 0.4) is 0 Å². The van der Waals surface area contributed by atoms with Crippen LogP contribution in [-0.2, 0) is 4.79 Å². The van der Waals surface area contributed by atoms with E-state index in [4.69, 9.17) is 0 Å². The van der Waals surface area contributed by atoms with Gasteiger partial charge < -0.3 is 10.6 Å². The average Bonchev–Trinajstić information content (AvgIpc) is 3.86. The molecule has 2 N–H and O–H groups in total. The summed E-state index contributed by atoms with van der Waals surface area (Å²) in [6, 6.07) is 0.713. The Hall–Kier alpha value is -1.51. The highest BCUT2D eigenvalue weighted by Crippen LogP contribution is 2.24. The van der Waals surface area contributed by atoms with Crippen LogP contribution in [0.25, 0.3) is 0 Å². The van der Waals surface area contributed by atoms with Gasteiger partial charge in [0.1, 0.15) is 0 Å². The highest BCUT2D eigenvalue weighted by molar-refractivity contribution is 5.76. The first-order valence-electron chi connectivity index (χ1n) is 23.2. The molecule has 1 aliphatic rings. The van der Waals surface area contributed by atoms with Crippen molar-refractivity contribution in [1.29, 1.82) is 0 Å². The smallest absolute Gasteiger partial charge is 0.220 e. The molecule has 0 spiro atoms. The van der Waals surface area contributed by atoms with E-state index in [0.29, 0.717) is 18.5 Å². The van der Waals surface area contributed by atoms with E-state index in [1.165, 1.54) is 212 Å². The fraction of sp³-hybridized carbons (Fsp3) is 0.854. The zero-order chi connectivity index (χ0) is 36.7. The van der Waals surface area contributed by atoms with Gasteiger partial charge in [0.25, 0.3) is 0 Å². The molecular formula is C48H90N2O. The van der Waals surface area contributed by atoms with E-state index >= 15 is 0 Å². The molecule has 2 atom stereocenters. The Bertz CT molecular complexity index is 750. The Balaban J connectivity index is 1.78. The van der Waals surface area contributed by atoms with Gasteiger partial charge in [0, 0.05) is 18.2 Å². The number of amides is 1. The topological polar surface area (TPSA) is 41.1 Å². The predicted octanol–water partition coefficient (Wildman–Crippen LogP) is 15.5. The van der Waals surface area contributed by atoms with E-state index in [1.54, 1.807) is 0 Å². The van der Waals surface area contributed by atoms with Crippen molar-refractivity contribution in [3.8, 4) is 0 Å². The lowest BCUT2D eigenvalue weighted by atomic mass is 10.0. The molecule has 0 aliphatic heterocycles. The number of nitrogens with one attached hydrogen (secondary N) is 2. The van der Waals surface area contributed by atoms with E-state index in [2.05, 4.69) is 55.4 Å². The highest BCUT2D eigenvalue weighted by atomic mass is 16.1. The molecule has 1 rings (SSSR count). The molecular weight excluding hydrogens is 621 g/mol. The fourth-order valence-electron chi connectivity index (χ4n) is 7.31. The van der Waals surface area contributed by atoms with Gasteiger partial charge in [-0.25, -0.2) is 0 Å². The maximum absolute atomic E-state index is 12.4. The minimum absolute atomic E-state index is 0.242. The van der Waals surface area contributed by atoms with Crippen LogP contribution in [0.2, 0.25) is 0 Å². The van der Waals surface area contributed by atoms with Crippen LogP contribution in [0, 0.1) is 0 Å². The number of carbonyl (C=O) groups is 1. The van der Waals surface area contributed by atoms with Gasteiger partial charge in [-0.15, -0.1) is 0 Å². The first kappa shape index (κ1) is 47.5. The van der Waals surface area contributed by atoms with Gasteiger partial charge in [-0.05, 0) is 77.0 Å². The molecule has 298 valence electrons. The molecule has 3 heteroatoms. The molecule has 0 heterocycles. The van der Waals surface area contributed by atoms with Crippen molar-refractivity contribution in [2.75, 3.05) is 0 Å². The van der Waals surface area contributed by atoms with E-state index in [1.807, 2.05) is 0 Å². The highest BCUT2D eigenvalue weighted by Gasteiger charge is 2.38. The number of hydrogen-bond donors (Lipinski definition) is 2. The van der Waals surface area contributed by atoms with Gasteiger partial charge in [0.2, 0.25) is 5.91 Å². The third kappa shape index (κ3) is 35.3. The SMILES string of the molecule is C=C(CCCCCCCCCCC/C=C\CCCCCCCC)N[C@@H]1C[C@@H]1NC(=O)CCCCCCCCCCC/C=C\CCCCCCCC. The zero-order valence-electron chi connectivity index (χ0n) is 34.7. The van der Waals surface area contributed by atoms with Gasteiger partial charge in [0.15, 0.2) is 0 Å². The Labute approximate surface area is 320 Å². The first-order valence-corrected chi connectivity index (χ1v) is 23.2. The van der Waals surface area contributed by atoms with Crippen molar-refractivity contribution in [3.63, 3.8) is 0 Å². The van der Waals surface area contributed by atoms with E-state index < -0.39 is 0 Å². The second kappa shape index (κ2) is 38.2.